The number of benzene rings is 1. The van der Waals surface area contributed by atoms with Crippen LogP contribution < -0.4 is 22.3 Å². The Morgan fingerprint density at radius 2 is 2.00 bits per heavy atom. The third-order valence-corrected chi connectivity index (χ3v) is 1.86. The van der Waals surface area contributed by atoms with Gasteiger partial charge in [0.1, 0.15) is 0 Å². The molecule has 0 aliphatic rings. The Morgan fingerprint density at radius 3 is 2.57 bits per heavy atom. The zero-order valence-electron chi connectivity index (χ0n) is 7.73. The zero-order chi connectivity index (χ0) is 10.4. The van der Waals surface area contributed by atoms with E-state index in [1.807, 2.05) is 30.3 Å². The van der Waals surface area contributed by atoms with Crippen molar-refractivity contribution in [2.75, 3.05) is 6.54 Å². The first-order valence-corrected chi connectivity index (χ1v) is 4.70. The average Bonchev–Trinajstić information content (AvgIpc) is 2.18. The number of nitrogens with one attached hydrogen (secondary N) is 2. The van der Waals surface area contributed by atoms with Crippen LogP contribution in [0.1, 0.15) is 11.6 Å². The molecule has 0 bridgehead atoms. The first kappa shape index (κ1) is 10.9. The molecule has 1 rings (SSSR count). The molecule has 1 aromatic rings. The number of rotatable bonds is 4. The second kappa shape index (κ2) is 5.54. The molecular weight excluding hydrogens is 196 g/mol. The quantitative estimate of drug-likeness (QED) is 0.416. The largest absolute Gasteiger partial charge is 0.375 e. The van der Waals surface area contributed by atoms with Gasteiger partial charge in [0.25, 0.3) is 0 Å². The monoisotopic (exact) mass is 210 g/mol. The van der Waals surface area contributed by atoms with Gasteiger partial charge in [0.2, 0.25) is 0 Å². The molecule has 0 saturated heterocycles. The van der Waals surface area contributed by atoms with E-state index >= 15 is 0 Å². The molecule has 0 saturated carbocycles. The van der Waals surface area contributed by atoms with Crippen LogP contribution >= 0.6 is 12.2 Å². The van der Waals surface area contributed by atoms with Crippen LogP contribution in [0.5, 0.6) is 0 Å². The first-order valence-electron chi connectivity index (χ1n) is 4.29. The van der Waals surface area contributed by atoms with E-state index in [-0.39, 0.29) is 11.2 Å². The van der Waals surface area contributed by atoms with E-state index in [1.165, 1.54) is 0 Å². The van der Waals surface area contributed by atoms with Crippen LogP contribution in [0.3, 0.4) is 0 Å². The fraction of sp³-hybridized carbons (Fsp3) is 0.222. The van der Waals surface area contributed by atoms with Gasteiger partial charge in [-0.2, -0.15) is 0 Å². The summed E-state index contributed by atoms with van der Waals surface area (Å²) in [5.74, 6) is 0. The van der Waals surface area contributed by atoms with Crippen molar-refractivity contribution in [1.29, 1.82) is 0 Å². The molecule has 1 aromatic carbocycles. The van der Waals surface area contributed by atoms with Crippen LogP contribution in [0.25, 0.3) is 0 Å². The minimum Gasteiger partial charge on any atom is -0.375 e. The fourth-order valence-electron chi connectivity index (χ4n) is 1.07. The predicted molar refractivity (Wildman–Crippen MR) is 61.3 cm³/mol. The van der Waals surface area contributed by atoms with Crippen LogP contribution in [0, 0.1) is 0 Å². The van der Waals surface area contributed by atoms with Gasteiger partial charge in [0.15, 0.2) is 5.11 Å². The van der Waals surface area contributed by atoms with Gasteiger partial charge in [-0.05, 0) is 17.8 Å². The molecule has 5 heteroatoms. The maximum atomic E-state index is 5.89. The highest BCUT2D eigenvalue weighted by atomic mass is 32.1. The Labute approximate surface area is 88.6 Å². The summed E-state index contributed by atoms with van der Waals surface area (Å²) in [5.41, 5.74) is 17.7. The predicted octanol–water partition coefficient (Wildman–Crippen LogP) is 0.0242. The standard InChI is InChI=1S/C9H14N4S/c10-8(6-12-13-9(11)14)7-4-2-1-3-5-7/h1-5,8,12H,6,10H2,(H3,11,13,14). The summed E-state index contributed by atoms with van der Waals surface area (Å²) in [5, 5.41) is 0.213. The van der Waals surface area contributed by atoms with Crippen LogP contribution in [0.2, 0.25) is 0 Å². The van der Waals surface area contributed by atoms with E-state index in [9.17, 15) is 0 Å². The van der Waals surface area contributed by atoms with Gasteiger partial charge < -0.3 is 11.5 Å². The summed E-state index contributed by atoms with van der Waals surface area (Å²) in [6.45, 7) is 0.571. The van der Waals surface area contributed by atoms with E-state index in [1.54, 1.807) is 0 Å². The van der Waals surface area contributed by atoms with E-state index in [2.05, 4.69) is 23.1 Å². The molecule has 0 fully saturated rings. The van der Waals surface area contributed by atoms with Crippen molar-refractivity contribution in [3.8, 4) is 0 Å². The molecule has 4 nitrogen and oxygen atoms in total. The van der Waals surface area contributed by atoms with Crippen molar-refractivity contribution in [2.45, 2.75) is 6.04 Å². The van der Waals surface area contributed by atoms with E-state index in [4.69, 9.17) is 11.5 Å². The number of hydrogen-bond donors (Lipinski definition) is 4. The molecule has 6 N–H and O–H groups in total. The number of hydrazine groups is 1. The molecule has 0 aliphatic heterocycles. The summed E-state index contributed by atoms with van der Waals surface area (Å²) in [6, 6.07) is 9.75. The van der Waals surface area contributed by atoms with E-state index in [0.29, 0.717) is 6.54 Å². The third-order valence-electron chi connectivity index (χ3n) is 1.76. The Hall–Kier alpha value is -1.17. The van der Waals surface area contributed by atoms with Crippen molar-refractivity contribution >= 4 is 17.3 Å². The Morgan fingerprint density at radius 1 is 1.36 bits per heavy atom. The van der Waals surface area contributed by atoms with Crippen LogP contribution in [-0.2, 0) is 0 Å². The molecule has 14 heavy (non-hydrogen) atoms. The summed E-state index contributed by atoms with van der Waals surface area (Å²) >= 11 is 4.63. The fourth-order valence-corrected chi connectivity index (χ4v) is 1.14. The Balaban J connectivity index is 2.36. The maximum absolute atomic E-state index is 5.89. The Kier molecular flexibility index (Phi) is 4.31. The lowest BCUT2D eigenvalue weighted by Crippen LogP contribution is -2.43. The van der Waals surface area contributed by atoms with Gasteiger partial charge >= 0.3 is 0 Å². The van der Waals surface area contributed by atoms with Crippen molar-refractivity contribution in [3.05, 3.63) is 35.9 Å². The SMILES string of the molecule is NC(=S)NNCC(N)c1ccccc1. The minimum absolute atomic E-state index is 0.0713. The Bertz CT molecular complexity index is 288. The van der Waals surface area contributed by atoms with Gasteiger partial charge in [0.05, 0.1) is 0 Å². The van der Waals surface area contributed by atoms with Gasteiger partial charge in [-0.3, -0.25) is 5.43 Å². The van der Waals surface area contributed by atoms with E-state index in [0.717, 1.165) is 5.56 Å². The highest BCUT2D eigenvalue weighted by molar-refractivity contribution is 7.80. The molecular formula is C9H14N4S. The summed E-state index contributed by atoms with van der Waals surface area (Å²) in [6.07, 6.45) is 0. The lowest BCUT2D eigenvalue weighted by atomic mass is 10.1. The van der Waals surface area contributed by atoms with Gasteiger partial charge in [0, 0.05) is 12.6 Å². The summed E-state index contributed by atoms with van der Waals surface area (Å²) in [7, 11) is 0. The minimum atomic E-state index is -0.0713. The molecule has 1 unspecified atom stereocenters. The lowest BCUT2D eigenvalue weighted by Gasteiger charge is -2.13. The first-order chi connectivity index (χ1) is 6.70. The normalized spacial score (nSPS) is 12.1. The van der Waals surface area contributed by atoms with Gasteiger partial charge in [-0.15, -0.1) is 0 Å². The molecule has 0 spiro atoms. The number of nitrogens with two attached hydrogens (primary N) is 2. The highest BCUT2D eigenvalue weighted by Gasteiger charge is 2.03. The molecule has 0 heterocycles. The molecule has 0 aliphatic carbocycles. The van der Waals surface area contributed by atoms with Gasteiger partial charge in [-0.25, -0.2) is 5.43 Å². The molecule has 0 amide bonds. The average molecular weight is 210 g/mol. The van der Waals surface area contributed by atoms with Crippen molar-refractivity contribution in [2.24, 2.45) is 11.5 Å². The van der Waals surface area contributed by atoms with Gasteiger partial charge in [-0.1, -0.05) is 30.3 Å². The number of thiocarbonyl (C=S) groups is 1. The summed E-state index contributed by atoms with van der Waals surface area (Å²) in [4.78, 5) is 0. The van der Waals surface area contributed by atoms with Crippen LogP contribution in [0.4, 0.5) is 0 Å². The van der Waals surface area contributed by atoms with Crippen molar-refractivity contribution in [3.63, 3.8) is 0 Å². The second-order valence-corrected chi connectivity index (χ2v) is 3.33. The topological polar surface area (TPSA) is 76.1 Å². The molecule has 1 atom stereocenters. The molecule has 0 aromatic heterocycles. The second-order valence-electron chi connectivity index (χ2n) is 2.89. The van der Waals surface area contributed by atoms with Crippen LogP contribution in [-0.4, -0.2) is 11.7 Å². The lowest BCUT2D eigenvalue weighted by molar-refractivity contribution is 0.575. The van der Waals surface area contributed by atoms with Crippen molar-refractivity contribution < 1.29 is 0 Å². The molecule has 0 radical (unpaired) electrons. The molecule has 76 valence electrons. The highest BCUT2D eigenvalue weighted by Crippen LogP contribution is 2.07. The van der Waals surface area contributed by atoms with Crippen molar-refractivity contribution in [1.82, 2.24) is 10.9 Å². The smallest absolute Gasteiger partial charge is 0.178 e. The zero-order valence-corrected chi connectivity index (χ0v) is 8.55. The maximum Gasteiger partial charge on any atom is 0.178 e. The third kappa shape index (κ3) is 3.69. The number of hydrogen-bond acceptors (Lipinski definition) is 3. The van der Waals surface area contributed by atoms with Crippen LogP contribution in [0.15, 0.2) is 30.3 Å². The summed E-state index contributed by atoms with van der Waals surface area (Å²) < 4.78 is 0. The van der Waals surface area contributed by atoms with E-state index < -0.39 is 0 Å².